The maximum atomic E-state index is 10.7. The van der Waals surface area contributed by atoms with Crippen LogP contribution in [0.25, 0.3) is 0 Å². The van der Waals surface area contributed by atoms with Gasteiger partial charge in [-0.3, -0.25) is 4.79 Å². The van der Waals surface area contributed by atoms with Gasteiger partial charge in [-0.2, -0.15) is 11.3 Å². The van der Waals surface area contributed by atoms with Gasteiger partial charge in [-0.15, -0.1) is 0 Å². The molecule has 5 atom stereocenters. The minimum absolute atomic E-state index is 0.0623. The van der Waals surface area contributed by atoms with Crippen LogP contribution in [0.5, 0.6) is 0 Å². The minimum atomic E-state index is -0.589. The number of rotatable bonds is 11. The summed E-state index contributed by atoms with van der Waals surface area (Å²) in [5, 5.41) is 34.8. The molecule has 0 radical (unpaired) electrons. The van der Waals surface area contributed by atoms with Crippen LogP contribution in [0.2, 0.25) is 0 Å². The van der Waals surface area contributed by atoms with Crippen LogP contribution in [0.15, 0.2) is 41.1 Å². The lowest BCUT2D eigenvalue weighted by molar-refractivity contribution is -0.118. The summed E-state index contributed by atoms with van der Waals surface area (Å²) >= 11 is 1.65. The number of aryl methyl sites for hydroxylation is 1. The molecule has 1 aliphatic carbocycles. The number of amides is 1. The van der Waals surface area contributed by atoms with Crippen molar-refractivity contribution in [1.82, 2.24) is 0 Å². The van der Waals surface area contributed by atoms with E-state index < -0.39 is 18.3 Å². The Bertz CT molecular complexity index is 614. The maximum Gasteiger partial charge on any atom is 0.217 e. The fourth-order valence-electron chi connectivity index (χ4n) is 3.57. The van der Waals surface area contributed by atoms with E-state index in [9.17, 15) is 20.1 Å². The predicted octanol–water partition coefficient (Wildman–Crippen LogP) is 2.56. The second-order valence-electron chi connectivity index (χ2n) is 7.30. The minimum Gasteiger partial charge on any atom is -0.393 e. The van der Waals surface area contributed by atoms with Gasteiger partial charge in [0.15, 0.2) is 0 Å². The molecule has 1 aliphatic rings. The van der Waals surface area contributed by atoms with Crippen molar-refractivity contribution in [3.05, 3.63) is 46.7 Å². The molecule has 0 aliphatic heterocycles. The number of hydrogen-bond acceptors (Lipinski definition) is 5. The molecule has 5 nitrogen and oxygen atoms in total. The zero-order valence-corrected chi connectivity index (χ0v) is 16.4. The van der Waals surface area contributed by atoms with Crippen molar-refractivity contribution in [2.75, 3.05) is 0 Å². The van der Waals surface area contributed by atoms with Crippen molar-refractivity contribution in [2.24, 2.45) is 17.6 Å². The number of thiophene rings is 1. The number of aliphatic hydroxyl groups excluding tert-OH is 3. The van der Waals surface area contributed by atoms with E-state index in [0.717, 1.165) is 19.3 Å². The zero-order valence-electron chi connectivity index (χ0n) is 15.6. The van der Waals surface area contributed by atoms with Crippen LogP contribution < -0.4 is 5.73 Å². The summed E-state index contributed by atoms with van der Waals surface area (Å²) in [5.74, 6) is -0.515. The van der Waals surface area contributed by atoms with E-state index in [4.69, 9.17) is 5.73 Å². The summed E-state index contributed by atoms with van der Waals surface area (Å²) in [4.78, 5) is 10.7. The van der Waals surface area contributed by atoms with Gasteiger partial charge in [0.05, 0.1) is 18.3 Å². The Morgan fingerprint density at radius 3 is 2.85 bits per heavy atom. The molecule has 1 amide bonds. The molecule has 1 saturated carbocycles. The Balaban J connectivity index is 1.81. The number of hydrogen-bond donors (Lipinski definition) is 4. The molecule has 6 heteroatoms. The number of aliphatic hydroxyl groups is 3. The second kappa shape index (κ2) is 11.4. The number of carbonyl (C=O) groups excluding carboxylic acids is 1. The number of allylic oxidation sites excluding steroid dienone is 2. The van der Waals surface area contributed by atoms with Crippen LogP contribution in [-0.2, 0) is 11.2 Å². The highest BCUT2D eigenvalue weighted by atomic mass is 32.1. The molecule has 1 fully saturated rings. The Kier molecular flexibility index (Phi) is 9.21. The average molecular weight is 394 g/mol. The van der Waals surface area contributed by atoms with E-state index >= 15 is 0 Å². The normalized spacial score (nSPS) is 26.9. The summed E-state index contributed by atoms with van der Waals surface area (Å²) in [7, 11) is 0. The summed E-state index contributed by atoms with van der Waals surface area (Å²) in [6.07, 6.45) is 10.3. The average Bonchev–Trinajstić information content (AvgIpc) is 3.22. The van der Waals surface area contributed by atoms with Crippen molar-refractivity contribution in [2.45, 2.75) is 63.3 Å². The van der Waals surface area contributed by atoms with Gasteiger partial charge in [-0.05, 0) is 60.4 Å². The largest absolute Gasteiger partial charge is 0.393 e. The van der Waals surface area contributed by atoms with E-state index in [1.807, 2.05) is 23.6 Å². The number of carbonyl (C=O) groups is 1. The zero-order chi connectivity index (χ0) is 19.6. The van der Waals surface area contributed by atoms with Gasteiger partial charge >= 0.3 is 0 Å². The first-order valence-corrected chi connectivity index (χ1v) is 10.6. The molecule has 5 unspecified atom stereocenters. The Morgan fingerprint density at radius 2 is 2.15 bits per heavy atom. The highest BCUT2D eigenvalue weighted by molar-refractivity contribution is 7.07. The van der Waals surface area contributed by atoms with Gasteiger partial charge in [0.1, 0.15) is 0 Å². The molecule has 5 N–H and O–H groups in total. The molecular formula is C21H31NO4S. The summed E-state index contributed by atoms with van der Waals surface area (Å²) in [5.41, 5.74) is 6.34. The van der Waals surface area contributed by atoms with E-state index in [1.165, 1.54) is 5.56 Å². The third kappa shape index (κ3) is 7.58. The summed E-state index contributed by atoms with van der Waals surface area (Å²) in [6.45, 7) is 0. The first kappa shape index (κ1) is 21.8. The monoisotopic (exact) mass is 393 g/mol. The summed E-state index contributed by atoms with van der Waals surface area (Å²) in [6, 6.07) is 2.06. The topological polar surface area (TPSA) is 104 Å². The standard InChI is InChI=1S/C21H31NO4S/c22-21(26)6-4-2-1-3-5-17-18(20(25)13-19(17)24)10-9-16(23)8-7-15-11-12-27-14-15/h1,3,9-12,14,16-20,23-25H,2,4-8,13H2,(H2,22,26). The van der Waals surface area contributed by atoms with E-state index in [2.05, 4.69) is 11.4 Å². The summed E-state index contributed by atoms with van der Waals surface area (Å²) < 4.78 is 0. The van der Waals surface area contributed by atoms with Crippen LogP contribution in [0.3, 0.4) is 0 Å². The molecule has 1 aromatic rings. The van der Waals surface area contributed by atoms with E-state index in [1.54, 1.807) is 17.4 Å². The molecule has 0 bridgehead atoms. The molecule has 0 spiro atoms. The fourth-order valence-corrected chi connectivity index (χ4v) is 4.28. The molecular weight excluding hydrogens is 362 g/mol. The van der Waals surface area contributed by atoms with Crippen LogP contribution >= 0.6 is 11.3 Å². The number of primary amides is 1. The molecule has 150 valence electrons. The highest BCUT2D eigenvalue weighted by Gasteiger charge is 2.39. The van der Waals surface area contributed by atoms with Gasteiger partial charge in [0.25, 0.3) is 0 Å². The van der Waals surface area contributed by atoms with Crippen molar-refractivity contribution in [1.29, 1.82) is 0 Å². The molecule has 1 aromatic heterocycles. The third-order valence-corrected chi connectivity index (χ3v) is 5.88. The lowest BCUT2D eigenvalue weighted by Gasteiger charge is -2.19. The SMILES string of the molecule is NC(=O)CCCC=CCC1C(O)CC(O)C1C=CC(O)CCc1ccsc1. The van der Waals surface area contributed by atoms with Crippen LogP contribution in [0.1, 0.15) is 44.1 Å². The molecule has 1 heterocycles. The van der Waals surface area contributed by atoms with Gasteiger partial charge in [0.2, 0.25) is 5.91 Å². The molecule has 0 aromatic carbocycles. The quantitative estimate of drug-likeness (QED) is 0.343. The van der Waals surface area contributed by atoms with Crippen molar-refractivity contribution in [3.8, 4) is 0 Å². The maximum absolute atomic E-state index is 10.7. The van der Waals surface area contributed by atoms with Crippen LogP contribution in [0, 0.1) is 11.8 Å². The third-order valence-electron chi connectivity index (χ3n) is 5.15. The van der Waals surface area contributed by atoms with Gasteiger partial charge in [-0.1, -0.05) is 24.3 Å². The van der Waals surface area contributed by atoms with Gasteiger partial charge in [-0.25, -0.2) is 0 Å². The second-order valence-corrected chi connectivity index (χ2v) is 8.08. The van der Waals surface area contributed by atoms with Crippen LogP contribution in [0.4, 0.5) is 0 Å². The molecule has 0 saturated heterocycles. The predicted molar refractivity (Wildman–Crippen MR) is 108 cm³/mol. The van der Waals surface area contributed by atoms with Gasteiger partial charge in [0, 0.05) is 18.8 Å². The molecule has 27 heavy (non-hydrogen) atoms. The Hall–Kier alpha value is -1.47. The van der Waals surface area contributed by atoms with Crippen LogP contribution in [-0.4, -0.2) is 39.5 Å². The molecule has 2 rings (SSSR count). The number of unbranched alkanes of at least 4 members (excludes halogenated alkanes) is 1. The van der Waals surface area contributed by atoms with Crippen molar-refractivity contribution in [3.63, 3.8) is 0 Å². The first-order chi connectivity index (χ1) is 13.0. The van der Waals surface area contributed by atoms with Gasteiger partial charge < -0.3 is 21.1 Å². The van der Waals surface area contributed by atoms with Crippen molar-refractivity contribution >= 4 is 17.2 Å². The Labute approximate surface area is 165 Å². The number of nitrogens with two attached hydrogens (primary N) is 1. The highest BCUT2D eigenvalue weighted by Crippen LogP contribution is 2.36. The Morgan fingerprint density at radius 1 is 1.33 bits per heavy atom. The first-order valence-electron chi connectivity index (χ1n) is 9.64. The lowest BCUT2D eigenvalue weighted by Crippen LogP contribution is -2.20. The van der Waals surface area contributed by atoms with E-state index in [0.29, 0.717) is 25.7 Å². The lowest BCUT2D eigenvalue weighted by atomic mass is 9.89. The smallest absolute Gasteiger partial charge is 0.217 e. The fraction of sp³-hybridized carbons (Fsp3) is 0.571. The van der Waals surface area contributed by atoms with Crippen molar-refractivity contribution < 1.29 is 20.1 Å². The van der Waals surface area contributed by atoms with E-state index in [-0.39, 0.29) is 17.7 Å².